The molecule has 0 radical (unpaired) electrons. The van der Waals surface area contributed by atoms with Crippen molar-refractivity contribution in [2.45, 2.75) is 85.2 Å². The van der Waals surface area contributed by atoms with E-state index in [1.807, 2.05) is 0 Å². The highest BCUT2D eigenvalue weighted by atomic mass is 16.5. The molecule has 1 atom stereocenters. The number of carbonyl (C=O) groups is 6. The van der Waals surface area contributed by atoms with Crippen molar-refractivity contribution < 1.29 is 63.8 Å². The molecule has 5 N–H and O–H groups in total. The Kier molecular flexibility index (Phi) is 23.7. The summed E-state index contributed by atoms with van der Waals surface area (Å²) in [6, 6.07) is 0. The fourth-order valence-corrected chi connectivity index (χ4v) is 2.47. The number of hydrogen-bond acceptors (Lipinski definition) is 10. The fourth-order valence-electron chi connectivity index (χ4n) is 2.47. The Balaban J connectivity index is -0.000000530. The summed E-state index contributed by atoms with van der Waals surface area (Å²) in [6.45, 7) is 12.2. The lowest BCUT2D eigenvalue weighted by atomic mass is 9.76. The summed E-state index contributed by atoms with van der Waals surface area (Å²) in [4.78, 5) is 63.7. The van der Waals surface area contributed by atoms with Crippen LogP contribution in [-0.2, 0) is 38.2 Å². The second-order valence-corrected chi connectivity index (χ2v) is 9.99. The molecule has 0 bridgehead atoms. The van der Waals surface area contributed by atoms with Crippen LogP contribution < -0.4 is 0 Å². The summed E-state index contributed by atoms with van der Waals surface area (Å²) < 4.78 is 9.39. The Morgan fingerprint density at radius 1 is 0.707 bits per heavy atom. The van der Waals surface area contributed by atoms with Gasteiger partial charge in [0.25, 0.3) is 0 Å². The predicted molar refractivity (Wildman–Crippen MR) is 148 cm³/mol. The molecule has 13 heteroatoms. The van der Waals surface area contributed by atoms with Crippen molar-refractivity contribution in [3.05, 3.63) is 25.3 Å². The van der Waals surface area contributed by atoms with Crippen LogP contribution in [0.2, 0.25) is 0 Å². The standard InChI is InChI=1S/C10H18O5.2C9H14O4/c1-9(2,5-11)6(12)7(13)10(3,4)8(14)15;2*1-2-9(12)13-7-5-3-4-6-8(10)11/h7,11,13H,5H2,1-4H3,(H,14,15);2*2H,1,3-7H2,(H,10,11). The van der Waals surface area contributed by atoms with Gasteiger partial charge in [0.1, 0.15) is 6.10 Å². The van der Waals surface area contributed by atoms with Crippen LogP contribution in [0.3, 0.4) is 0 Å². The zero-order valence-electron chi connectivity index (χ0n) is 24.4. The molecule has 13 nitrogen and oxygen atoms in total. The molecule has 0 heterocycles. The van der Waals surface area contributed by atoms with Crippen LogP contribution in [0.4, 0.5) is 0 Å². The Bertz CT molecular complexity index is 817. The number of aliphatic hydroxyl groups excluding tert-OH is 2. The maximum absolute atomic E-state index is 11.7. The molecule has 41 heavy (non-hydrogen) atoms. The van der Waals surface area contributed by atoms with Crippen molar-refractivity contribution in [3.63, 3.8) is 0 Å². The smallest absolute Gasteiger partial charge is 0.330 e. The number of rotatable bonds is 19. The number of carboxylic acid groups (broad SMARTS) is 3. The third kappa shape index (κ3) is 22.9. The number of aliphatic carboxylic acids is 3. The van der Waals surface area contributed by atoms with E-state index in [9.17, 15) is 33.9 Å². The van der Waals surface area contributed by atoms with Crippen LogP contribution in [0.5, 0.6) is 0 Å². The van der Waals surface area contributed by atoms with Gasteiger partial charge in [-0.2, -0.15) is 0 Å². The molecule has 0 fully saturated rings. The Hall–Kier alpha value is -3.58. The number of Topliss-reactive ketones (excluding diaryl/α,β-unsaturated/α-hetero) is 1. The van der Waals surface area contributed by atoms with E-state index in [1.165, 1.54) is 27.7 Å². The minimum absolute atomic E-state index is 0.176. The van der Waals surface area contributed by atoms with Gasteiger partial charge >= 0.3 is 29.8 Å². The van der Waals surface area contributed by atoms with Crippen molar-refractivity contribution in [1.29, 1.82) is 0 Å². The second kappa shape index (κ2) is 23.2. The molecule has 236 valence electrons. The molecule has 0 aliphatic carbocycles. The van der Waals surface area contributed by atoms with Crippen LogP contribution in [0.15, 0.2) is 25.3 Å². The van der Waals surface area contributed by atoms with Gasteiger partial charge in [-0.25, -0.2) is 9.59 Å². The average molecular weight is 591 g/mol. The van der Waals surface area contributed by atoms with E-state index in [1.54, 1.807) is 0 Å². The zero-order chi connectivity index (χ0) is 32.6. The van der Waals surface area contributed by atoms with E-state index in [0.717, 1.165) is 25.0 Å². The fraction of sp³-hybridized carbons (Fsp3) is 0.643. The van der Waals surface area contributed by atoms with Crippen LogP contribution in [0, 0.1) is 10.8 Å². The Labute approximate surface area is 240 Å². The normalized spacial score (nSPS) is 11.3. The largest absolute Gasteiger partial charge is 0.481 e. The first kappa shape index (κ1) is 41.9. The van der Waals surface area contributed by atoms with Crippen LogP contribution in [-0.4, -0.2) is 87.1 Å². The number of hydrogen-bond donors (Lipinski definition) is 5. The minimum atomic E-state index is -1.63. The SMILES string of the molecule is C=CC(=O)OCCCCCC(=O)O.C=CC(=O)OCCCCCC(=O)O.CC(C)(CO)C(=O)C(O)C(C)(C)C(=O)O. The van der Waals surface area contributed by atoms with E-state index in [-0.39, 0.29) is 12.8 Å². The van der Waals surface area contributed by atoms with E-state index in [4.69, 9.17) is 29.9 Å². The minimum Gasteiger partial charge on any atom is -0.481 e. The summed E-state index contributed by atoms with van der Waals surface area (Å²) in [7, 11) is 0. The molecule has 0 rings (SSSR count). The van der Waals surface area contributed by atoms with E-state index in [2.05, 4.69) is 13.2 Å². The molecule has 0 aromatic carbocycles. The summed E-state index contributed by atoms with van der Waals surface area (Å²) in [6.07, 6.45) is 5.12. The molecule has 0 aliphatic heterocycles. The molecule has 0 aliphatic rings. The molecular formula is C28H46O13. The van der Waals surface area contributed by atoms with Gasteiger partial charge in [-0.3, -0.25) is 19.2 Å². The summed E-state index contributed by atoms with van der Waals surface area (Å²) in [5.41, 5.74) is -2.68. The number of carbonyl (C=O) groups excluding carboxylic acids is 3. The van der Waals surface area contributed by atoms with E-state index >= 15 is 0 Å². The lowest BCUT2D eigenvalue weighted by Crippen LogP contribution is -2.48. The molecule has 1 unspecified atom stereocenters. The van der Waals surface area contributed by atoms with Crippen molar-refractivity contribution in [2.75, 3.05) is 19.8 Å². The maximum Gasteiger partial charge on any atom is 0.330 e. The van der Waals surface area contributed by atoms with Gasteiger partial charge in [-0.1, -0.05) is 27.0 Å². The number of esters is 2. The van der Waals surface area contributed by atoms with Crippen LogP contribution >= 0.6 is 0 Å². The van der Waals surface area contributed by atoms with Gasteiger partial charge in [0.05, 0.1) is 25.2 Å². The average Bonchev–Trinajstić information content (AvgIpc) is 2.91. The van der Waals surface area contributed by atoms with Gasteiger partial charge in [0.2, 0.25) is 0 Å². The van der Waals surface area contributed by atoms with Crippen LogP contribution in [0.1, 0.15) is 79.1 Å². The highest BCUT2D eigenvalue weighted by Gasteiger charge is 2.45. The quantitative estimate of drug-likeness (QED) is 0.0830. The van der Waals surface area contributed by atoms with E-state index < -0.39 is 59.2 Å². The van der Waals surface area contributed by atoms with Gasteiger partial charge < -0.3 is 35.0 Å². The first-order chi connectivity index (χ1) is 18.9. The van der Waals surface area contributed by atoms with Crippen molar-refractivity contribution in [2.24, 2.45) is 10.8 Å². The third-order valence-electron chi connectivity index (χ3n) is 5.44. The van der Waals surface area contributed by atoms with E-state index in [0.29, 0.717) is 38.9 Å². The number of ether oxygens (including phenoxy) is 2. The van der Waals surface area contributed by atoms with Gasteiger partial charge in [-0.05, 0) is 52.4 Å². The highest BCUT2D eigenvalue weighted by Crippen LogP contribution is 2.28. The molecule has 0 spiro atoms. The van der Waals surface area contributed by atoms with Gasteiger partial charge in [-0.15, -0.1) is 0 Å². The van der Waals surface area contributed by atoms with Crippen LogP contribution in [0.25, 0.3) is 0 Å². The number of unbranched alkanes of at least 4 members (excludes halogenated alkanes) is 4. The van der Waals surface area contributed by atoms with Crippen molar-refractivity contribution in [3.8, 4) is 0 Å². The molecule has 0 saturated heterocycles. The Morgan fingerprint density at radius 2 is 1.07 bits per heavy atom. The lowest BCUT2D eigenvalue weighted by molar-refractivity contribution is -0.162. The first-order valence-electron chi connectivity index (χ1n) is 13.0. The first-order valence-corrected chi connectivity index (χ1v) is 13.0. The number of carboxylic acids is 3. The lowest BCUT2D eigenvalue weighted by Gasteiger charge is -2.30. The molecule has 0 amide bonds. The molecule has 0 aromatic rings. The summed E-state index contributed by atoms with van der Waals surface area (Å²) in [5.74, 6) is -4.36. The monoisotopic (exact) mass is 590 g/mol. The summed E-state index contributed by atoms with van der Waals surface area (Å²) >= 11 is 0. The Morgan fingerprint density at radius 3 is 1.34 bits per heavy atom. The highest BCUT2D eigenvalue weighted by molar-refractivity contribution is 5.93. The maximum atomic E-state index is 11.7. The predicted octanol–water partition coefficient (Wildman–Crippen LogP) is 2.77. The number of ketones is 1. The molecule has 0 aromatic heterocycles. The second-order valence-electron chi connectivity index (χ2n) is 9.99. The van der Waals surface area contributed by atoms with Gasteiger partial charge in [0.15, 0.2) is 5.78 Å². The van der Waals surface area contributed by atoms with Gasteiger partial charge in [0, 0.05) is 30.4 Å². The summed E-state index contributed by atoms with van der Waals surface area (Å²) in [5, 5.41) is 44.0. The third-order valence-corrected chi connectivity index (χ3v) is 5.44. The van der Waals surface area contributed by atoms with Crippen molar-refractivity contribution in [1.82, 2.24) is 0 Å². The topological polar surface area (TPSA) is 222 Å². The van der Waals surface area contributed by atoms with Crippen molar-refractivity contribution >= 4 is 35.6 Å². The zero-order valence-corrected chi connectivity index (χ0v) is 24.4. The molecular weight excluding hydrogens is 544 g/mol. The number of aliphatic hydroxyl groups is 2. The molecule has 0 saturated carbocycles.